The first-order valence-electron chi connectivity index (χ1n) is 11.9. The van der Waals surface area contributed by atoms with E-state index in [9.17, 15) is 14.4 Å². The van der Waals surface area contributed by atoms with Gasteiger partial charge < -0.3 is 25.8 Å². The molecule has 36 heavy (non-hydrogen) atoms. The molecule has 0 aliphatic carbocycles. The van der Waals surface area contributed by atoms with Crippen LogP contribution in [0, 0.1) is 6.92 Å². The highest BCUT2D eigenvalue weighted by Crippen LogP contribution is 2.20. The molecule has 1 aromatic carbocycles. The van der Waals surface area contributed by atoms with E-state index in [0.29, 0.717) is 36.1 Å². The lowest BCUT2D eigenvalue weighted by Crippen LogP contribution is -2.49. The first-order chi connectivity index (χ1) is 17.2. The molecule has 194 valence electrons. The Balaban J connectivity index is 1.50. The lowest BCUT2D eigenvalue weighted by Gasteiger charge is -2.31. The Morgan fingerprint density at radius 3 is 2.83 bits per heavy atom. The van der Waals surface area contributed by atoms with E-state index in [-0.39, 0.29) is 31.1 Å². The SMILES string of the molecule is CC[C@@H](Oc1ncc(Cl)cc1C)C(=O)NCc1cccc(NC(=O)N[C@@H]2CCCN(CC(=O)O)C2)c1. The number of rotatable bonds is 10. The minimum absolute atomic E-state index is 0.0344. The van der Waals surface area contributed by atoms with Crippen molar-refractivity contribution in [2.24, 2.45) is 0 Å². The molecule has 1 aromatic heterocycles. The second-order valence-corrected chi connectivity index (χ2v) is 9.21. The van der Waals surface area contributed by atoms with Gasteiger partial charge in [0.1, 0.15) is 0 Å². The number of hydrogen-bond donors (Lipinski definition) is 4. The van der Waals surface area contributed by atoms with Gasteiger partial charge in [-0.1, -0.05) is 30.7 Å². The lowest BCUT2D eigenvalue weighted by atomic mass is 10.1. The normalized spacial score (nSPS) is 16.6. The van der Waals surface area contributed by atoms with Crippen LogP contribution in [0.3, 0.4) is 0 Å². The van der Waals surface area contributed by atoms with Gasteiger partial charge >= 0.3 is 12.0 Å². The number of carbonyl (C=O) groups excluding carboxylic acids is 2. The largest absolute Gasteiger partial charge is 0.480 e. The number of carboxylic acid groups (broad SMARTS) is 1. The molecule has 0 saturated carbocycles. The number of halogens is 1. The van der Waals surface area contributed by atoms with Gasteiger partial charge in [-0.15, -0.1) is 0 Å². The molecule has 2 heterocycles. The maximum Gasteiger partial charge on any atom is 0.319 e. The van der Waals surface area contributed by atoms with E-state index in [2.05, 4.69) is 20.9 Å². The fourth-order valence-corrected chi connectivity index (χ4v) is 4.24. The first kappa shape index (κ1) is 27.2. The van der Waals surface area contributed by atoms with E-state index < -0.39 is 12.1 Å². The van der Waals surface area contributed by atoms with Crippen LogP contribution >= 0.6 is 11.6 Å². The summed E-state index contributed by atoms with van der Waals surface area (Å²) in [6.07, 6.45) is 2.84. The number of urea groups is 1. The number of nitrogens with zero attached hydrogens (tertiary/aromatic N) is 2. The number of pyridine rings is 1. The molecule has 11 heteroatoms. The molecule has 1 saturated heterocycles. The first-order valence-corrected chi connectivity index (χ1v) is 12.3. The standard InChI is InChI=1S/C25H32ClN5O5/c1-3-21(36-24-16(2)10-18(26)13-28-24)23(34)27-12-17-6-4-7-19(11-17)29-25(35)30-20-8-5-9-31(14-20)15-22(32)33/h4,6-7,10-11,13,20-21H,3,5,8-9,12,14-15H2,1-2H3,(H,27,34)(H,32,33)(H2,29,30,35)/t20-,21-/m1/s1. The average molecular weight is 518 g/mol. The van der Waals surface area contributed by atoms with Crippen LogP contribution in [0.1, 0.15) is 37.3 Å². The fourth-order valence-electron chi connectivity index (χ4n) is 4.03. The van der Waals surface area contributed by atoms with Crippen molar-refractivity contribution in [3.05, 3.63) is 52.7 Å². The van der Waals surface area contributed by atoms with Crippen LogP contribution in [0.15, 0.2) is 36.5 Å². The predicted molar refractivity (Wildman–Crippen MR) is 136 cm³/mol. The van der Waals surface area contributed by atoms with Gasteiger partial charge in [-0.05, 0) is 56.5 Å². The number of hydrogen-bond acceptors (Lipinski definition) is 6. The number of likely N-dealkylation sites (tertiary alicyclic amines) is 1. The number of carbonyl (C=O) groups is 3. The van der Waals surface area contributed by atoms with Gasteiger partial charge in [0.2, 0.25) is 5.88 Å². The summed E-state index contributed by atoms with van der Waals surface area (Å²) >= 11 is 5.93. The van der Waals surface area contributed by atoms with Crippen LogP contribution < -0.4 is 20.7 Å². The quantitative estimate of drug-likeness (QED) is 0.380. The van der Waals surface area contributed by atoms with Gasteiger partial charge in [0.05, 0.1) is 11.6 Å². The topological polar surface area (TPSA) is 133 Å². The predicted octanol–water partition coefficient (Wildman–Crippen LogP) is 3.19. The van der Waals surface area contributed by atoms with E-state index in [4.69, 9.17) is 21.4 Å². The third kappa shape index (κ3) is 8.39. The zero-order valence-electron chi connectivity index (χ0n) is 20.4. The molecular formula is C25H32ClN5O5. The van der Waals surface area contributed by atoms with Crippen molar-refractivity contribution in [3.63, 3.8) is 0 Å². The molecule has 2 atom stereocenters. The van der Waals surface area contributed by atoms with E-state index in [1.165, 1.54) is 6.20 Å². The average Bonchev–Trinajstić information content (AvgIpc) is 2.82. The summed E-state index contributed by atoms with van der Waals surface area (Å²) < 4.78 is 5.79. The number of aliphatic carboxylic acids is 1. The van der Waals surface area contributed by atoms with Crippen LogP contribution in [0.25, 0.3) is 0 Å². The van der Waals surface area contributed by atoms with Crippen LogP contribution in [0.4, 0.5) is 10.5 Å². The monoisotopic (exact) mass is 517 g/mol. The Labute approximate surface area is 215 Å². The number of nitrogens with one attached hydrogen (secondary N) is 3. The molecule has 10 nitrogen and oxygen atoms in total. The third-order valence-corrected chi connectivity index (χ3v) is 5.97. The molecule has 1 aliphatic heterocycles. The summed E-state index contributed by atoms with van der Waals surface area (Å²) in [5.41, 5.74) is 2.14. The van der Waals surface area contributed by atoms with Crippen LogP contribution in [0.5, 0.6) is 5.88 Å². The molecule has 4 N–H and O–H groups in total. The van der Waals surface area contributed by atoms with Gasteiger partial charge in [0.15, 0.2) is 6.10 Å². The maximum absolute atomic E-state index is 12.7. The molecule has 0 radical (unpaired) electrons. The molecule has 0 unspecified atom stereocenters. The highest BCUT2D eigenvalue weighted by atomic mass is 35.5. The van der Waals surface area contributed by atoms with Gasteiger partial charge in [0.25, 0.3) is 5.91 Å². The van der Waals surface area contributed by atoms with Crippen molar-refractivity contribution in [3.8, 4) is 5.88 Å². The van der Waals surface area contributed by atoms with Gasteiger partial charge in [0, 0.05) is 36.6 Å². The zero-order valence-corrected chi connectivity index (χ0v) is 21.2. The van der Waals surface area contributed by atoms with Crippen molar-refractivity contribution < 1.29 is 24.2 Å². The minimum Gasteiger partial charge on any atom is -0.480 e. The molecule has 3 amide bonds. The van der Waals surface area contributed by atoms with Crippen molar-refractivity contribution in [1.29, 1.82) is 0 Å². The summed E-state index contributed by atoms with van der Waals surface area (Å²) in [6, 6.07) is 8.43. The molecular weight excluding hydrogens is 486 g/mol. The Kier molecular flexibility index (Phi) is 9.89. The number of piperidine rings is 1. The van der Waals surface area contributed by atoms with E-state index in [1.54, 1.807) is 24.3 Å². The minimum atomic E-state index is -0.877. The molecule has 1 aliphatic rings. The van der Waals surface area contributed by atoms with Crippen LogP contribution in [-0.4, -0.2) is 64.7 Å². The summed E-state index contributed by atoms with van der Waals surface area (Å²) in [5.74, 6) is -0.784. The molecule has 1 fully saturated rings. The number of benzene rings is 1. The Morgan fingerprint density at radius 1 is 1.31 bits per heavy atom. The molecule has 3 rings (SSSR count). The van der Waals surface area contributed by atoms with Crippen molar-refractivity contribution in [2.45, 2.75) is 51.8 Å². The molecule has 0 spiro atoms. The van der Waals surface area contributed by atoms with E-state index in [0.717, 1.165) is 24.0 Å². The summed E-state index contributed by atoms with van der Waals surface area (Å²) in [6.45, 7) is 5.10. The number of carboxylic acids is 1. The number of aromatic nitrogens is 1. The van der Waals surface area contributed by atoms with Crippen molar-refractivity contribution >= 4 is 35.2 Å². The second-order valence-electron chi connectivity index (χ2n) is 8.77. The summed E-state index contributed by atoms with van der Waals surface area (Å²) in [4.78, 5) is 42.1. The van der Waals surface area contributed by atoms with E-state index >= 15 is 0 Å². The summed E-state index contributed by atoms with van der Waals surface area (Å²) in [7, 11) is 0. The van der Waals surface area contributed by atoms with E-state index in [1.807, 2.05) is 24.8 Å². The number of anilines is 1. The van der Waals surface area contributed by atoms with Crippen molar-refractivity contribution in [1.82, 2.24) is 20.5 Å². The van der Waals surface area contributed by atoms with Gasteiger partial charge in [-0.3, -0.25) is 14.5 Å². The van der Waals surface area contributed by atoms with Crippen molar-refractivity contribution in [2.75, 3.05) is 25.0 Å². The Hall–Kier alpha value is -3.37. The second kappa shape index (κ2) is 13.1. The Morgan fingerprint density at radius 2 is 2.11 bits per heavy atom. The smallest absolute Gasteiger partial charge is 0.319 e. The highest BCUT2D eigenvalue weighted by molar-refractivity contribution is 6.30. The number of amides is 3. The van der Waals surface area contributed by atoms with Gasteiger partial charge in [-0.2, -0.15) is 0 Å². The fraction of sp³-hybridized carbons (Fsp3) is 0.440. The Bertz CT molecular complexity index is 1080. The number of ether oxygens (including phenoxy) is 1. The lowest BCUT2D eigenvalue weighted by molar-refractivity contribution is -0.138. The van der Waals surface area contributed by atoms with Crippen LogP contribution in [-0.2, 0) is 16.1 Å². The maximum atomic E-state index is 12.7. The summed E-state index contributed by atoms with van der Waals surface area (Å²) in [5, 5.41) is 18.1. The van der Waals surface area contributed by atoms with Crippen LogP contribution in [0.2, 0.25) is 5.02 Å². The molecule has 0 bridgehead atoms. The molecule has 2 aromatic rings. The van der Waals surface area contributed by atoms with Gasteiger partial charge in [-0.25, -0.2) is 9.78 Å². The number of aryl methyl sites for hydroxylation is 1. The zero-order chi connectivity index (χ0) is 26.1. The highest BCUT2D eigenvalue weighted by Gasteiger charge is 2.23. The third-order valence-electron chi connectivity index (χ3n) is 5.77.